The molecule has 1 aromatic carbocycles. The van der Waals surface area contributed by atoms with Crippen molar-refractivity contribution < 1.29 is 9.47 Å². The summed E-state index contributed by atoms with van der Waals surface area (Å²) in [5, 5.41) is 3.86. The summed E-state index contributed by atoms with van der Waals surface area (Å²) in [5.74, 6) is 1.32. The zero-order chi connectivity index (χ0) is 13.4. The predicted octanol–water partition coefficient (Wildman–Crippen LogP) is 3.59. The lowest BCUT2D eigenvalue weighted by Crippen LogP contribution is -2.13. The highest BCUT2D eigenvalue weighted by Gasteiger charge is 2.12. The molecule has 0 aromatic heterocycles. The van der Waals surface area contributed by atoms with Gasteiger partial charge in [-0.15, -0.1) is 0 Å². The van der Waals surface area contributed by atoms with Crippen LogP contribution in [0.4, 0.5) is 0 Å². The van der Waals surface area contributed by atoms with Crippen LogP contribution in [-0.4, -0.2) is 20.3 Å². The molecule has 3 nitrogen and oxygen atoms in total. The Kier molecular flexibility index (Phi) is 6.94. The van der Waals surface area contributed by atoms with Gasteiger partial charge in [-0.1, -0.05) is 30.1 Å². The smallest absolute Gasteiger partial charge is 0.166 e. The summed E-state index contributed by atoms with van der Waals surface area (Å²) >= 11 is 11.5. The van der Waals surface area contributed by atoms with Gasteiger partial charge >= 0.3 is 0 Å². The van der Waals surface area contributed by atoms with Crippen molar-refractivity contribution >= 4 is 23.2 Å². The van der Waals surface area contributed by atoms with Gasteiger partial charge < -0.3 is 14.8 Å². The summed E-state index contributed by atoms with van der Waals surface area (Å²) in [7, 11) is 1.59. The van der Waals surface area contributed by atoms with Crippen molar-refractivity contribution in [3.63, 3.8) is 0 Å². The lowest BCUT2D eigenvalue weighted by atomic mass is 10.2. The zero-order valence-corrected chi connectivity index (χ0v) is 12.0. The lowest BCUT2D eigenvalue weighted by Gasteiger charge is -2.15. The molecule has 0 saturated heterocycles. The molecule has 0 radical (unpaired) electrons. The Morgan fingerprint density at radius 2 is 2.17 bits per heavy atom. The molecule has 1 aromatic rings. The Morgan fingerprint density at radius 3 is 2.78 bits per heavy atom. The largest absolute Gasteiger partial charge is 0.493 e. The molecule has 1 rings (SSSR count). The molecule has 0 atom stereocenters. The first-order valence-corrected chi connectivity index (χ1v) is 6.49. The van der Waals surface area contributed by atoms with Crippen molar-refractivity contribution in [3.05, 3.63) is 34.3 Å². The van der Waals surface area contributed by atoms with Gasteiger partial charge in [0.2, 0.25) is 0 Å². The molecule has 0 amide bonds. The number of rotatable bonds is 7. The van der Waals surface area contributed by atoms with Gasteiger partial charge in [0.15, 0.2) is 11.5 Å². The van der Waals surface area contributed by atoms with Gasteiger partial charge in [0, 0.05) is 28.7 Å². The molecule has 0 aliphatic heterocycles. The number of methoxy groups -OCH3 is 1. The summed E-state index contributed by atoms with van der Waals surface area (Å²) < 4.78 is 10.9. The Morgan fingerprint density at radius 1 is 1.39 bits per heavy atom. The van der Waals surface area contributed by atoms with Gasteiger partial charge in [0.05, 0.1) is 7.11 Å². The van der Waals surface area contributed by atoms with Gasteiger partial charge in [0.25, 0.3) is 0 Å². The van der Waals surface area contributed by atoms with Gasteiger partial charge in [-0.25, -0.2) is 0 Å². The van der Waals surface area contributed by atoms with Crippen LogP contribution in [0.1, 0.15) is 12.5 Å². The Bertz CT molecular complexity index is 408. The molecule has 5 heteroatoms. The van der Waals surface area contributed by atoms with Crippen molar-refractivity contribution in [1.82, 2.24) is 5.32 Å². The third-order valence-corrected chi connectivity index (χ3v) is 2.69. The van der Waals surface area contributed by atoms with E-state index in [1.54, 1.807) is 19.3 Å². The monoisotopic (exact) mass is 289 g/mol. The minimum absolute atomic E-state index is 0.390. The molecule has 0 bridgehead atoms. The first kappa shape index (κ1) is 15.2. The van der Waals surface area contributed by atoms with Gasteiger partial charge in [-0.3, -0.25) is 0 Å². The van der Waals surface area contributed by atoms with Crippen LogP contribution >= 0.6 is 23.2 Å². The first-order chi connectivity index (χ1) is 8.72. The van der Waals surface area contributed by atoms with Crippen molar-refractivity contribution in [3.8, 4) is 11.5 Å². The highest BCUT2D eigenvalue weighted by atomic mass is 35.5. The maximum absolute atomic E-state index is 6.04. The first-order valence-electron chi connectivity index (χ1n) is 5.68. The minimum atomic E-state index is 0.390. The highest BCUT2D eigenvalue weighted by Crippen LogP contribution is 2.34. The van der Waals surface area contributed by atoms with Gasteiger partial charge in [0.1, 0.15) is 6.61 Å². The third kappa shape index (κ3) is 4.41. The van der Waals surface area contributed by atoms with Crippen molar-refractivity contribution in [2.45, 2.75) is 13.5 Å². The third-order valence-electron chi connectivity index (χ3n) is 2.29. The van der Waals surface area contributed by atoms with Crippen LogP contribution in [-0.2, 0) is 6.54 Å². The summed E-state index contributed by atoms with van der Waals surface area (Å²) in [4.78, 5) is 0. The Labute approximate surface area is 118 Å². The molecule has 1 N–H and O–H groups in total. The van der Waals surface area contributed by atoms with Crippen LogP contribution in [0.15, 0.2) is 23.7 Å². The topological polar surface area (TPSA) is 30.5 Å². The Hall–Kier alpha value is -0.900. The standard InChI is InChI=1S/C13H17Cl2NO2/c1-3-16-9-10-7-11(15)8-12(17-2)13(10)18-6-4-5-14/h4-5,7-8,16H,3,6,9H2,1-2H3/b5-4+. The van der Waals surface area contributed by atoms with E-state index in [4.69, 9.17) is 32.7 Å². The van der Waals surface area contributed by atoms with Crippen molar-refractivity contribution in [2.75, 3.05) is 20.3 Å². The van der Waals surface area contributed by atoms with E-state index in [2.05, 4.69) is 5.32 Å². The van der Waals surface area contributed by atoms with E-state index in [-0.39, 0.29) is 0 Å². The number of hydrogen-bond donors (Lipinski definition) is 1. The minimum Gasteiger partial charge on any atom is -0.493 e. The van der Waals surface area contributed by atoms with E-state index in [9.17, 15) is 0 Å². The molecular formula is C13H17Cl2NO2. The van der Waals surface area contributed by atoms with Gasteiger partial charge in [-0.05, 0) is 18.7 Å². The SMILES string of the molecule is CCNCc1cc(Cl)cc(OC)c1OC/C=C/Cl. The molecule has 0 unspecified atom stereocenters. The second kappa shape index (κ2) is 8.25. The van der Waals surface area contributed by atoms with Crippen LogP contribution in [0.3, 0.4) is 0 Å². The molecule has 0 aliphatic rings. The lowest BCUT2D eigenvalue weighted by molar-refractivity contribution is 0.322. The van der Waals surface area contributed by atoms with Crippen LogP contribution in [0.25, 0.3) is 0 Å². The maximum Gasteiger partial charge on any atom is 0.166 e. The normalized spacial score (nSPS) is 10.9. The quantitative estimate of drug-likeness (QED) is 0.832. The maximum atomic E-state index is 6.04. The van der Waals surface area contributed by atoms with E-state index in [0.717, 1.165) is 12.1 Å². The number of hydrogen-bond acceptors (Lipinski definition) is 3. The fraction of sp³-hybridized carbons (Fsp3) is 0.385. The fourth-order valence-electron chi connectivity index (χ4n) is 1.50. The second-order valence-corrected chi connectivity index (χ2v) is 4.24. The predicted molar refractivity (Wildman–Crippen MR) is 75.9 cm³/mol. The summed E-state index contributed by atoms with van der Waals surface area (Å²) in [5.41, 5.74) is 2.39. The van der Waals surface area contributed by atoms with Crippen LogP contribution in [0, 0.1) is 0 Å². The number of ether oxygens (including phenoxy) is 2. The summed E-state index contributed by atoms with van der Waals surface area (Å²) in [6, 6.07) is 3.60. The average Bonchev–Trinajstić information content (AvgIpc) is 2.37. The van der Waals surface area contributed by atoms with E-state index >= 15 is 0 Å². The van der Waals surface area contributed by atoms with E-state index in [1.807, 2.05) is 13.0 Å². The number of benzene rings is 1. The molecule has 0 heterocycles. The molecule has 18 heavy (non-hydrogen) atoms. The molecule has 0 spiro atoms. The second-order valence-electron chi connectivity index (χ2n) is 3.55. The fourth-order valence-corrected chi connectivity index (χ4v) is 1.80. The van der Waals surface area contributed by atoms with Crippen LogP contribution in [0.5, 0.6) is 11.5 Å². The van der Waals surface area contributed by atoms with Crippen LogP contribution < -0.4 is 14.8 Å². The summed E-state index contributed by atoms with van der Waals surface area (Å²) in [6.07, 6.45) is 1.71. The number of halogens is 2. The van der Waals surface area contributed by atoms with E-state index in [0.29, 0.717) is 29.7 Å². The molecule has 0 saturated carbocycles. The van der Waals surface area contributed by atoms with Crippen LogP contribution in [0.2, 0.25) is 5.02 Å². The Balaban J connectivity index is 2.98. The van der Waals surface area contributed by atoms with Gasteiger partial charge in [-0.2, -0.15) is 0 Å². The molecule has 0 aliphatic carbocycles. The molecular weight excluding hydrogens is 273 g/mol. The highest BCUT2D eigenvalue weighted by molar-refractivity contribution is 6.30. The van der Waals surface area contributed by atoms with Crippen molar-refractivity contribution in [1.29, 1.82) is 0 Å². The van der Waals surface area contributed by atoms with Crippen molar-refractivity contribution in [2.24, 2.45) is 0 Å². The van der Waals surface area contributed by atoms with E-state index in [1.165, 1.54) is 5.54 Å². The molecule has 0 fully saturated rings. The summed E-state index contributed by atoms with van der Waals surface area (Å²) in [6.45, 7) is 3.97. The van der Waals surface area contributed by atoms with E-state index < -0.39 is 0 Å². The zero-order valence-electron chi connectivity index (χ0n) is 10.5. The average molecular weight is 290 g/mol. The number of nitrogens with one attached hydrogen (secondary N) is 1. The molecule has 100 valence electrons.